The molecule has 20 heavy (non-hydrogen) atoms. The van der Waals surface area contributed by atoms with Gasteiger partial charge in [0.25, 0.3) is 0 Å². The fourth-order valence-corrected chi connectivity index (χ4v) is 4.23. The SMILES string of the molecule is NC1=NC(N)=C2SC(CC3CC3)(c3ccn[nH]3)C=C2N1. The summed E-state index contributed by atoms with van der Waals surface area (Å²) >= 11 is 1.74. The molecule has 3 heterocycles. The fourth-order valence-electron chi connectivity index (χ4n) is 2.78. The highest BCUT2D eigenvalue weighted by Crippen LogP contribution is 2.57. The number of rotatable bonds is 3. The molecule has 0 bridgehead atoms. The van der Waals surface area contributed by atoms with E-state index in [2.05, 4.69) is 26.6 Å². The van der Waals surface area contributed by atoms with Crippen molar-refractivity contribution in [2.24, 2.45) is 22.4 Å². The molecule has 7 heteroatoms. The van der Waals surface area contributed by atoms with E-state index in [-0.39, 0.29) is 4.75 Å². The number of nitrogens with zero attached hydrogens (tertiary/aromatic N) is 2. The van der Waals surface area contributed by atoms with Crippen molar-refractivity contribution in [2.45, 2.75) is 24.0 Å². The number of aliphatic imine (C=N–C) groups is 1. The van der Waals surface area contributed by atoms with Crippen LogP contribution in [0.5, 0.6) is 0 Å². The van der Waals surface area contributed by atoms with Crippen molar-refractivity contribution in [1.82, 2.24) is 15.5 Å². The third-order valence-corrected chi connectivity index (χ3v) is 5.39. The van der Waals surface area contributed by atoms with Gasteiger partial charge in [-0.2, -0.15) is 10.1 Å². The van der Waals surface area contributed by atoms with Crippen LogP contribution in [0.3, 0.4) is 0 Å². The number of hydrogen-bond donors (Lipinski definition) is 4. The van der Waals surface area contributed by atoms with Crippen LogP contribution in [0.15, 0.2) is 39.8 Å². The first-order valence-corrected chi connectivity index (χ1v) is 7.51. The molecule has 0 spiro atoms. The first-order valence-electron chi connectivity index (χ1n) is 6.69. The Kier molecular flexibility index (Phi) is 2.41. The summed E-state index contributed by atoms with van der Waals surface area (Å²) in [6.07, 6.45) is 7.70. The van der Waals surface area contributed by atoms with Crippen LogP contribution >= 0.6 is 11.8 Å². The molecular weight excluding hydrogens is 272 g/mol. The minimum atomic E-state index is -0.139. The van der Waals surface area contributed by atoms with Crippen LogP contribution in [-0.2, 0) is 4.75 Å². The summed E-state index contributed by atoms with van der Waals surface area (Å²) in [4.78, 5) is 5.10. The Labute approximate surface area is 120 Å². The van der Waals surface area contributed by atoms with E-state index in [1.807, 2.05) is 6.07 Å². The second-order valence-corrected chi connectivity index (χ2v) is 6.84. The first kappa shape index (κ1) is 11.9. The minimum Gasteiger partial charge on any atom is -0.383 e. The largest absolute Gasteiger partial charge is 0.383 e. The van der Waals surface area contributed by atoms with Crippen LogP contribution in [-0.4, -0.2) is 16.2 Å². The number of aromatic nitrogens is 2. The summed E-state index contributed by atoms with van der Waals surface area (Å²) in [6, 6.07) is 2.03. The molecule has 0 radical (unpaired) electrons. The van der Waals surface area contributed by atoms with Crippen molar-refractivity contribution in [3.63, 3.8) is 0 Å². The third kappa shape index (κ3) is 1.81. The Morgan fingerprint density at radius 2 is 2.25 bits per heavy atom. The zero-order valence-electron chi connectivity index (χ0n) is 10.9. The Balaban J connectivity index is 1.78. The lowest BCUT2D eigenvalue weighted by Crippen LogP contribution is -2.34. The van der Waals surface area contributed by atoms with E-state index >= 15 is 0 Å². The summed E-state index contributed by atoms with van der Waals surface area (Å²) in [7, 11) is 0. The quantitative estimate of drug-likeness (QED) is 0.666. The van der Waals surface area contributed by atoms with Gasteiger partial charge in [-0.15, -0.1) is 11.8 Å². The predicted molar refractivity (Wildman–Crippen MR) is 79.3 cm³/mol. The molecular formula is C13H16N6S. The van der Waals surface area contributed by atoms with E-state index in [4.69, 9.17) is 11.5 Å². The van der Waals surface area contributed by atoms with Gasteiger partial charge in [0, 0.05) is 6.20 Å². The van der Waals surface area contributed by atoms with Gasteiger partial charge >= 0.3 is 0 Å². The monoisotopic (exact) mass is 288 g/mol. The summed E-state index contributed by atoms with van der Waals surface area (Å²) < 4.78 is -0.139. The average Bonchev–Trinajstić information content (AvgIpc) is 2.92. The standard InChI is InChI=1S/C13H16N6S/c14-11-10-8(17-12(15)18-11)6-13(20-10,5-7-1-2-7)9-3-4-16-19-9/h3-4,6-7H,1-2,5,14H2,(H,16,19)(H3,15,17,18). The van der Waals surface area contributed by atoms with Crippen molar-refractivity contribution >= 4 is 17.7 Å². The first-order chi connectivity index (χ1) is 9.66. The number of hydrogen-bond acceptors (Lipinski definition) is 6. The van der Waals surface area contributed by atoms with Gasteiger partial charge < -0.3 is 16.8 Å². The number of thioether (sulfide) groups is 1. The smallest absolute Gasteiger partial charge is 0.199 e. The van der Waals surface area contributed by atoms with Gasteiger partial charge in [-0.25, -0.2) is 0 Å². The maximum atomic E-state index is 6.02. The molecule has 104 valence electrons. The zero-order valence-corrected chi connectivity index (χ0v) is 11.7. The lowest BCUT2D eigenvalue weighted by atomic mass is 9.96. The maximum absolute atomic E-state index is 6.02. The van der Waals surface area contributed by atoms with E-state index in [9.17, 15) is 0 Å². The number of H-pyrrole nitrogens is 1. The summed E-state index contributed by atoms with van der Waals surface area (Å²) in [5.74, 6) is 1.63. The Bertz CT molecular complexity index is 640. The average molecular weight is 288 g/mol. The van der Waals surface area contributed by atoms with E-state index in [1.165, 1.54) is 12.8 Å². The molecule has 1 aromatic rings. The Hall–Kier alpha value is -1.89. The summed E-state index contributed by atoms with van der Waals surface area (Å²) in [5.41, 5.74) is 13.8. The van der Waals surface area contributed by atoms with Crippen LogP contribution in [0.1, 0.15) is 25.0 Å². The number of guanidine groups is 1. The summed E-state index contributed by atoms with van der Waals surface area (Å²) in [5, 5.41) is 10.3. The van der Waals surface area contributed by atoms with Crippen molar-refractivity contribution in [3.8, 4) is 0 Å². The van der Waals surface area contributed by atoms with Gasteiger partial charge in [0.05, 0.1) is 21.0 Å². The van der Waals surface area contributed by atoms with Gasteiger partial charge in [0.15, 0.2) is 5.96 Å². The zero-order chi connectivity index (χ0) is 13.7. The Morgan fingerprint density at radius 1 is 1.40 bits per heavy atom. The second kappa shape index (κ2) is 4.05. The van der Waals surface area contributed by atoms with E-state index in [1.54, 1.807) is 18.0 Å². The number of nitrogens with two attached hydrogens (primary N) is 2. The normalized spacial score (nSPS) is 28.8. The molecule has 2 aliphatic heterocycles. The molecule has 4 rings (SSSR count). The number of nitrogens with one attached hydrogen (secondary N) is 2. The van der Waals surface area contributed by atoms with Gasteiger partial charge in [0.2, 0.25) is 0 Å². The van der Waals surface area contributed by atoms with Crippen LogP contribution < -0.4 is 16.8 Å². The van der Waals surface area contributed by atoms with Crippen molar-refractivity contribution < 1.29 is 0 Å². The number of fused-ring (bicyclic) bond motifs is 1. The van der Waals surface area contributed by atoms with Gasteiger partial charge in [-0.3, -0.25) is 5.10 Å². The molecule has 0 saturated heterocycles. The molecule has 1 unspecified atom stereocenters. The lowest BCUT2D eigenvalue weighted by molar-refractivity contribution is 0.605. The van der Waals surface area contributed by atoms with Crippen molar-refractivity contribution in [3.05, 3.63) is 40.5 Å². The highest BCUT2D eigenvalue weighted by molar-refractivity contribution is 8.04. The van der Waals surface area contributed by atoms with Crippen LogP contribution in [0, 0.1) is 5.92 Å². The molecule has 1 atom stereocenters. The third-order valence-electron chi connectivity index (χ3n) is 3.89. The number of aromatic amines is 1. The highest BCUT2D eigenvalue weighted by Gasteiger charge is 2.45. The minimum absolute atomic E-state index is 0.139. The van der Waals surface area contributed by atoms with Crippen LogP contribution in [0.4, 0.5) is 0 Å². The van der Waals surface area contributed by atoms with Crippen molar-refractivity contribution in [2.75, 3.05) is 0 Å². The molecule has 1 aliphatic carbocycles. The molecule has 0 aromatic carbocycles. The van der Waals surface area contributed by atoms with E-state index in [0.717, 1.165) is 28.6 Å². The Morgan fingerprint density at radius 3 is 2.95 bits per heavy atom. The molecule has 0 amide bonds. The lowest BCUT2D eigenvalue weighted by Gasteiger charge is -2.25. The highest BCUT2D eigenvalue weighted by atomic mass is 32.2. The molecule has 1 saturated carbocycles. The van der Waals surface area contributed by atoms with E-state index in [0.29, 0.717) is 11.8 Å². The molecule has 1 fully saturated rings. The van der Waals surface area contributed by atoms with E-state index < -0.39 is 0 Å². The fraction of sp³-hybridized carbons (Fsp3) is 0.385. The molecule has 6 N–H and O–H groups in total. The molecule has 6 nitrogen and oxygen atoms in total. The van der Waals surface area contributed by atoms with Crippen LogP contribution in [0.2, 0.25) is 0 Å². The second-order valence-electron chi connectivity index (χ2n) is 5.50. The molecule has 1 aromatic heterocycles. The van der Waals surface area contributed by atoms with Gasteiger partial charge in [-0.1, -0.05) is 12.8 Å². The molecule has 3 aliphatic rings. The topological polar surface area (TPSA) is 105 Å². The van der Waals surface area contributed by atoms with Crippen molar-refractivity contribution in [1.29, 1.82) is 0 Å². The maximum Gasteiger partial charge on any atom is 0.199 e. The van der Waals surface area contributed by atoms with Gasteiger partial charge in [0.1, 0.15) is 5.82 Å². The predicted octanol–water partition coefficient (Wildman–Crippen LogP) is 1.08. The summed E-state index contributed by atoms with van der Waals surface area (Å²) in [6.45, 7) is 0. The van der Waals surface area contributed by atoms with Gasteiger partial charge in [-0.05, 0) is 24.5 Å². The van der Waals surface area contributed by atoms with Crippen LogP contribution in [0.25, 0.3) is 0 Å².